The van der Waals surface area contributed by atoms with Crippen molar-refractivity contribution in [2.45, 2.75) is 26.2 Å². The summed E-state index contributed by atoms with van der Waals surface area (Å²) in [7, 11) is 0. The molecule has 116 valence electrons. The van der Waals surface area contributed by atoms with Crippen LogP contribution in [0.25, 0.3) is 0 Å². The Morgan fingerprint density at radius 1 is 1.24 bits per heavy atom. The quantitative estimate of drug-likeness (QED) is 0.610. The van der Waals surface area contributed by atoms with Gasteiger partial charge in [-0.1, -0.05) is 12.1 Å². The Labute approximate surface area is 124 Å². The lowest BCUT2D eigenvalue weighted by atomic mass is 10.1. The fourth-order valence-electron chi connectivity index (χ4n) is 1.70. The fourth-order valence-corrected chi connectivity index (χ4v) is 1.70. The number of ether oxygens (including phenoxy) is 1. The number of urea groups is 1. The minimum atomic E-state index is -0.816. The Hall–Kier alpha value is -2.08. The summed E-state index contributed by atoms with van der Waals surface area (Å²) < 4.78 is 5.17. The average molecular weight is 294 g/mol. The van der Waals surface area contributed by atoms with Gasteiger partial charge in [0.2, 0.25) is 0 Å². The highest BCUT2D eigenvalue weighted by Gasteiger charge is 2.02. The number of amides is 2. The van der Waals surface area contributed by atoms with E-state index in [0.29, 0.717) is 31.9 Å². The highest BCUT2D eigenvalue weighted by Crippen LogP contribution is 2.11. The maximum absolute atomic E-state index is 11.6. The molecule has 6 heteroatoms. The molecule has 1 aromatic carbocycles. The third kappa shape index (κ3) is 7.94. The molecule has 0 unspecified atom stereocenters. The number of benzene rings is 1. The van der Waals surface area contributed by atoms with Crippen molar-refractivity contribution < 1.29 is 19.4 Å². The minimum absolute atomic E-state index is 0.104. The minimum Gasteiger partial charge on any atom is -0.481 e. The lowest BCUT2D eigenvalue weighted by molar-refractivity contribution is -0.136. The number of anilines is 1. The number of nitrogens with one attached hydrogen (secondary N) is 2. The first-order valence-electron chi connectivity index (χ1n) is 7.05. The lowest BCUT2D eigenvalue weighted by Gasteiger charge is -2.08. The third-order valence-electron chi connectivity index (χ3n) is 2.79. The number of rotatable bonds is 9. The smallest absolute Gasteiger partial charge is 0.319 e. The summed E-state index contributed by atoms with van der Waals surface area (Å²) in [5.74, 6) is -0.816. The van der Waals surface area contributed by atoms with Crippen molar-refractivity contribution in [2.75, 3.05) is 25.1 Å². The summed E-state index contributed by atoms with van der Waals surface area (Å²) in [5.41, 5.74) is 1.61. The van der Waals surface area contributed by atoms with Gasteiger partial charge in [-0.05, 0) is 37.5 Å². The zero-order chi connectivity index (χ0) is 15.5. The van der Waals surface area contributed by atoms with Gasteiger partial charge in [-0.3, -0.25) is 4.79 Å². The zero-order valence-electron chi connectivity index (χ0n) is 12.2. The normalized spacial score (nSPS) is 10.1. The van der Waals surface area contributed by atoms with Crippen LogP contribution in [-0.4, -0.2) is 36.9 Å². The van der Waals surface area contributed by atoms with E-state index in [1.165, 1.54) is 0 Å². The number of hydrogen-bond acceptors (Lipinski definition) is 3. The van der Waals surface area contributed by atoms with E-state index in [-0.39, 0.29) is 12.5 Å². The van der Waals surface area contributed by atoms with Crippen LogP contribution in [0.5, 0.6) is 0 Å². The Morgan fingerprint density at radius 2 is 1.95 bits per heavy atom. The van der Waals surface area contributed by atoms with Gasteiger partial charge in [0.15, 0.2) is 0 Å². The van der Waals surface area contributed by atoms with E-state index in [1.807, 2.05) is 19.1 Å². The highest BCUT2D eigenvalue weighted by molar-refractivity contribution is 5.89. The molecule has 6 nitrogen and oxygen atoms in total. The van der Waals surface area contributed by atoms with E-state index >= 15 is 0 Å². The molecular formula is C15H22N2O4. The Bertz CT molecular complexity index is 445. The molecule has 0 aromatic heterocycles. The van der Waals surface area contributed by atoms with E-state index in [2.05, 4.69) is 10.6 Å². The van der Waals surface area contributed by atoms with Gasteiger partial charge in [-0.2, -0.15) is 0 Å². The van der Waals surface area contributed by atoms with Crippen LogP contribution in [0.3, 0.4) is 0 Å². The van der Waals surface area contributed by atoms with Crippen molar-refractivity contribution >= 4 is 17.7 Å². The number of hydrogen-bond donors (Lipinski definition) is 3. The molecule has 0 atom stereocenters. The zero-order valence-corrected chi connectivity index (χ0v) is 12.2. The molecular weight excluding hydrogens is 272 g/mol. The molecule has 0 saturated carbocycles. The number of aryl methyl sites for hydroxylation is 1. The van der Waals surface area contributed by atoms with Crippen molar-refractivity contribution in [3.63, 3.8) is 0 Å². The average Bonchev–Trinajstić information content (AvgIpc) is 2.46. The van der Waals surface area contributed by atoms with Crippen molar-refractivity contribution in [2.24, 2.45) is 0 Å². The van der Waals surface area contributed by atoms with Crippen molar-refractivity contribution in [3.8, 4) is 0 Å². The molecule has 0 fully saturated rings. The second kappa shape index (κ2) is 9.77. The number of aliphatic carboxylic acids is 1. The monoisotopic (exact) mass is 294 g/mol. The van der Waals surface area contributed by atoms with Crippen LogP contribution in [0.4, 0.5) is 10.5 Å². The Morgan fingerprint density at radius 3 is 2.57 bits per heavy atom. The molecule has 0 bridgehead atoms. The molecule has 3 N–H and O–H groups in total. The second-order valence-corrected chi connectivity index (χ2v) is 4.52. The Balaban J connectivity index is 2.27. The van der Waals surface area contributed by atoms with Gasteiger partial charge >= 0.3 is 12.0 Å². The number of carbonyl (C=O) groups is 2. The molecule has 0 saturated heterocycles. The van der Waals surface area contributed by atoms with Crippen LogP contribution >= 0.6 is 0 Å². The molecule has 0 aliphatic carbocycles. The summed E-state index contributed by atoms with van der Waals surface area (Å²) in [6, 6.07) is 6.89. The van der Waals surface area contributed by atoms with Crippen molar-refractivity contribution in [1.82, 2.24) is 5.32 Å². The maximum atomic E-state index is 11.6. The van der Waals surface area contributed by atoms with E-state index < -0.39 is 5.97 Å². The van der Waals surface area contributed by atoms with Crippen LogP contribution < -0.4 is 10.6 Å². The molecule has 21 heavy (non-hydrogen) atoms. The van der Waals surface area contributed by atoms with Crippen LogP contribution in [0.1, 0.15) is 25.3 Å². The van der Waals surface area contributed by atoms with Crippen molar-refractivity contribution in [1.29, 1.82) is 0 Å². The van der Waals surface area contributed by atoms with Gasteiger partial charge in [-0.25, -0.2) is 4.79 Å². The summed E-state index contributed by atoms with van der Waals surface area (Å²) in [6.07, 6.45) is 1.36. The first kappa shape index (κ1) is 17.0. The first-order chi connectivity index (χ1) is 10.1. The largest absolute Gasteiger partial charge is 0.481 e. The topological polar surface area (TPSA) is 87.7 Å². The Kier molecular flexibility index (Phi) is 7.89. The predicted molar refractivity (Wildman–Crippen MR) is 80.5 cm³/mol. The van der Waals surface area contributed by atoms with Gasteiger partial charge in [0.05, 0.1) is 0 Å². The summed E-state index contributed by atoms with van der Waals surface area (Å²) in [6.45, 7) is 3.80. The van der Waals surface area contributed by atoms with Gasteiger partial charge < -0.3 is 20.5 Å². The molecule has 0 aliphatic heterocycles. The second-order valence-electron chi connectivity index (χ2n) is 4.52. The van der Waals surface area contributed by atoms with Gasteiger partial charge in [-0.15, -0.1) is 0 Å². The van der Waals surface area contributed by atoms with E-state index in [0.717, 1.165) is 12.0 Å². The number of carboxylic acids is 1. The molecule has 1 aromatic rings. The maximum Gasteiger partial charge on any atom is 0.319 e. The predicted octanol–water partition coefficient (Wildman–Crippen LogP) is 2.25. The highest BCUT2D eigenvalue weighted by atomic mass is 16.5. The molecule has 1 rings (SSSR count). The molecule has 0 radical (unpaired) electrons. The summed E-state index contributed by atoms with van der Waals surface area (Å²) in [5, 5.41) is 14.1. The summed E-state index contributed by atoms with van der Waals surface area (Å²) >= 11 is 0. The van der Waals surface area contributed by atoms with Gasteiger partial charge in [0, 0.05) is 31.9 Å². The summed E-state index contributed by atoms with van der Waals surface area (Å²) in [4.78, 5) is 22.1. The third-order valence-corrected chi connectivity index (χ3v) is 2.79. The lowest BCUT2D eigenvalue weighted by Crippen LogP contribution is -2.30. The van der Waals surface area contributed by atoms with Crippen LogP contribution in [-0.2, 0) is 16.0 Å². The first-order valence-corrected chi connectivity index (χ1v) is 7.05. The van der Waals surface area contributed by atoms with E-state index in [4.69, 9.17) is 9.84 Å². The van der Waals surface area contributed by atoms with Gasteiger partial charge in [0.25, 0.3) is 0 Å². The molecule has 2 amide bonds. The standard InChI is InChI=1S/C15H22N2O4/c1-2-21-11-3-10-16-15(20)17-13-7-4-12(5-8-13)6-9-14(18)19/h4-5,7-8H,2-3,6,9-11H2,1H3,(H,18,19)(H2,16,17,20). The molecule has 0 heterocycles. The van der Waals surface area contributed by atoms with Crippen LogP contribution in [0.2, 0.25) is 0 Å². The SMILES string of the molecule is CCOCCCNC(=O)Nc1ccc(CCC(=O)O)cc1. The number of carbonyl (C=O) groups excluding carboxylic acids is 1. The van der Waals surface area contributed by atoms with E-state index in [9.17, 15) is 9.59 Å². The van der Waals surface area contributed by atoms with Gasteiger partial charge in [0.1, 0.15) is 0 Å². The van der Waals surface area contributed by atoms with Crippen LogP contribution in [0, 0.1) is 0 Å². The van der Waals surface area contributed by atoms with E-state index in [1.54, 1.807) is 12.1 Å². The molecule has 0 spiro atoms. The number of carboxylic acid groups (broad SMARTS) is 1. The molecule has 0 aliphatic rings. The van der Waals surface area contributed by atoms with Crippen molar-refractivity contribution in [3.05, 3.63) is 29.8 Å². The van der Waals surface area contributed by atoms with Crippen LogP contribution in [0.15, 0.2) is 24.3 Å². The fraction of sp³-hybridized carbons (Fsp3) is 0.467.